The lowest BCUT2D eigenvalue weighted by atomic mass is 10.1. The Morgan fingerprint density at radius 1 is 0.947 bits per heavy atom. The van der Waals surface area contributed by atoms with Crippen LogP contribution in [0.15, 0.2) is 24.3 Å². The number of alkyl halides is 1. The van der Waals surface area contributed by atoms with Gasteiger partial charge in [-0.05, 0) is 17.5 Å². The van der Waals surface area contributed by atoms with Gasteiger partial charge in [0.25, 0.3) is 0 Å². The summed E-state index contributed by atoms with van der Waals surface area (Å²) >= 11 is 3.43. The van der Waals surface area contributed by atoms with Crippen LogP contribution in [0.1, 0.15) is 56.6 Å². The number of hydrogen-bond acceptors (Lipinski definition) is 1. The third kappa shape index (κ3) is 7.88. The van der Waals surface area contributed by atoms with Crippen LogP contribution in [-0.2, 0) is 21.9 Å². The Morgan fingerprint density at radius 2 is 1.53 bits per heavy atom. The molecular weight excluding hydrogens is 320 g/mol. The highest BCUT2D eigenvalue weighted by atomic mass is 79.9. The summed E-state index contributed by atoms with van der Waals surface area (Å²) in [6.07, 6.45) is 7.59. The summed E-state index contributed by atoms with van der Waals surface area (Å²) in [5.74, 6) is 1.56. The summed E-state index contributed by atoms with van der Waals surface area (Å²) in [4.78, 5) is 0. The monoisotopic (exact) mass is 344 g/mol. The molecule has 1 aromatic rings. The molecule has 0 aliphatic carbocycles. The average molecular weight is 345 g/mol. The second-order valence-corrected chi connectivity index (χ2v) is 7.14. The van der Waals surface area contributed by atoms with E-state index in [2.05, 4.69) is 47.1 Å². The Morgan fingerprint density at radius 3 is 2.16 bits per heavy atom. The molecule has 0 bridgehead atoms. The number of hydrogen-bond donors (Lipinski definition) is 0. The molecule has 0 radical (unpaired) electrons. The maximum atomic E-state index is 12.0. The minimum absolute atomic E-state index is 0.698. The van der Waals surface area contributed by atoms with Crippen LogP contribution in [0.3, 0.4) is 0 Å². The number of halogens is 1. The number of rotatable bonds is 10. The first-order chi connectivity index (χ1) is 9.26. The van der Waals surface area contributed by atoms with E-state index in [1.165, 1.54) is 43.2 Å². The van der Waals surface area contributed by atoms with Crippen molar-refractivity contribution in [2.24, 2.45) is 0 Å². The van der Waals surface area contributed by atoms with Gasteiger partial charge >= 0.3 is 0 Å². The molecule has 0 spiro atoms. The minimum Gasteiger partial charge on any atom is -0.259 e. The van der Waals surface area contributed by atoms with Gasteiger partial charge in [0.15, 0.2) is 0 Å². The van der Waals surface area contributed by atoms with E-state index in [1.807, 2.05) is 0 Å². The van der Waals surface area contributed by atoms with E-state index < -0.39 is 10.8 Å². The first-order valence-corrected chi connectivity index (χ1v) is 9.86. The van der Waals surface area contributed by atoms with E-state index in [0.717, 1.165) is 17.5 Å². The van der Waals surface area contributed by atoms with Crippen molar-refractivity contribution in [3.8, 4) is 0 Å². The Kier molecular flexibility index (Phi) is 9.44. The lowest BCUT2D eigenvalue weighted by molar-refractivity contribution is 0.622. The van der Waals surface area contributed by atoms with Crippen LogP contribution >= 0.6 is 15.9 Å². The van der Waals surface area contributed by atoms with Gasteiger partial charge in [0.05, 0.1) is 0 Å². The molecule has 1 unspecified atom stereocenters. The third-order valence-corrected chi connectivity index (χ3v) is 5.28. The van der Waals surface area contributed by atoms with Gasteiger partial charge in [0.1, 0.15) is 0 Å². The Bertz CT molecular complexity index is 362. The van der Waals surface area contributed by atoms with Crippen molar-refractivity contribution in [2.45, 2.75) is 56.5 Å². The second-order valence-electron chi connectivity index (χ2n) is 5.01. The topological polar surface area (TPSA) is 17.1 Å². The molecular formula is C16H25BrOS. The van der Waals surface area contributed by atoms with Gasteiger partial charge in [0.2, 0.25) is 0 Å². The van der Waals surface area contributed by atoms with Gasteiger partial charge in [-0.25, -0.2) is 0 Å². The predicted octanol–water partition coefficient (Wildman–Crippen LogP) is 5.19. The lowest BCUT2D eigenvalue weighted by Gasteiger charge is -2.04. The molecule has 0 aromatic heterocycles. The van der Waals surface area contributed by atoms with E-state index in [1.54, 1.807) is 0 Å². The van der Waals surface area contributed by atoms with Gasteiger partial charge in [-0.15, -0.1) is 0 Å². The Labute approximate surface area is 128 Å². The van der Waals surface area contributed by atoms with Gasteiger partial charge in [-0.3, -0.25) is 4.21 Å². The molecule has 1 rings (SSSR count). The molecule has 108 valence electrons. The van der Waals surface area contributed by atoms with Crippen molar-refractivity contribution >= 4 is 26.7 Å². The van der Waals surface area contributed by atoms with Crippen molar-refractivity contribution in [1.82, 2.24) is 0 Å². The quantitative estimate of drug-likeness (QED) is 0.421. The lowest BCUT2D eigenvalue weighted by Crippen LogP contribution is -2.01. The van der Waals surface area contributed by atoms with E-state index in [0.29, 0.717) is 5.75 Å². The SMILES string of the molecule is CCCCCCCCS(=O)Cc1ccc(CBr)cc1. The maximum Gasteiger partial charge on any atom is 0.0485 e. The Hall–Kier alpha value is -0.150. The highest BCUT2D eigenvalue weighted by Gasteiger charge is 2.02. The van der Waals surface area contributed by atoms with Gasteiger partial charge in [0, 0.05) is 27.6 Å². The van der Waals surface area contributed by atoms with Crippen LogP contribution < -0.4 is 0 Å². The van der Waals surface area contributed by atoms with Crippen LogP contribution in [0.2, 0.25) is 0 Å². The molecule has 0 saturated heterocycles. The molecule has 19 heavy (non-hydrogen) atoms. The van der Waals surface area contributed by atoms with Crippen LogP contribution in [0, 0.1) is 0 Å². The van der Waals surface area contributed by atoms with E-state index in [-0.39, 0.29) is 0 Å². The fraction of sp³-hybridized carbons (Fsp3) is 0.625. The van der Waals surface area contributed by atoms with E-state index >= 15 is 0 Å². The molecule has 0 fully saturated rings. The average Bonchev–Trinajstić information content (AvgIpc) is 2.43. The first-order valence-electron chi connectivity index (χ1n) is 7.25. The molecule has 0 amide bonds. The summed E-state index contributed by atoms with van der Waals surface area (Å²) < 4.78 is 12.0. The normalized spacial score (nSPS) is 12.5. The highest BCUT2D eigenvalue weighted by Crippen LogP contribution is 2.11. The molecule has 3 heteroatoms. The Balaban J connectivity index is 2.16. The zero-order chi connectivity index (χ0) is 13.9. The molecule has 1 aromatic carbocycles. The van der Waals surface area contributed by atoms with Gasteiger partial charge < -0.3 is 0 Å². The maximum absolute atomic E-state index is 12.0. The molecule has 0 aliphatic heterocycles. The third-order valence-electron chi connectivity index (χ3n) is 3.23. The van der Waals surface area contributed by atoms with Crippen molar-refractivity contribution in [2.75, 3.05) is 5.75 Å². The van der Waals surface area contributed by atoms with Crippen molar-refractivity contribution in [3.63, 3.8) is 0 Å². The molecule has 1 atom stereocenters. The van der Waals surface area contributed by atoms with Crippen LogP contribution in [0.4, 0.5) is 0 Å². The summed E-state index contributed by atoms with van der Waals surface area (Å²) in [5, 5.41) is 0.883. The van der Waals surface area contributed by atoms with Crippen molar-refractivity contribution in [1.29, 1.82) is 0 Å². The van der Waals surface area contributed by atoms with Crippen LogP contribution in [0.25, 0.3) is 0 Å². The summed E-state index contributed by atoms with van der Waals surface area (Å²) in [5.41, 5.74) is 2.46. The molecule has 0 N–H and O–H groups in total. The van der Waals surface area contributed by atoms with E-state index in [9.17, 15) is 4.21 Å². The summed E-state index contributed by atoms with van der Waals surface area (Å²) in [6.45, 7) is 2.23. The molecule has 0 heterocycles. The molecule has 0 saturated carbocycles. The zero-order valence-electron chi connectivity index (χ0n) is 11.9. The van der Waals surface area contributed by atoms with E-state index in [4.69, 9.17) is 0 Å². The summed E-state index contributed by atoms with van der Waals surface area (Å²) in [6, 6.07) is 8.39. The first kappa shape index (κ1) is 16.9. The summed E-state index contributed by atoms with van der Waals surface area (Å²) in [7, 11) is -0.698. The zero-order valence-corrected chi connectivity index (χ0v) is 14.3. The standard InChI is InChI=1S/C16H25BrOS/c1-2-3-4-5-6-7-12-19(18)14-16-10-8-15(13-17)9-11-16/h8-11H,2-7,12-14H2,1H3. The second kappa shape index (κ2) is 10.6. The highest BCUT2D eigenvalue weighted by molar-refractivity contribution is 9.08. The largest absolute Gasteiger partial charge is 0.259 e. The minimum atomic E-state index is -0.698. The van der Waals surface area contributed by atoms with Crippen molar-refractivity contribution in [3.05, 3.63) is 35.4 Å². The predicted molar refractivity (Wildman–Crippen MR) is 89.2 cm³/mol. The fourth-order valence-corrected chi connectivity index (χ4v) is 3.63. The smallest absolute Gasteiger partial charge is 0.0485 e. The molecule has 1 nitrogen and oxygen atoms in total. The number of unbranched alkanes of at least 4 members (excludes halogenated alkanes) is 5. The fourth-order valence-electron chi connectivity index (χ4n) is 2.03. The number of benzene rings is 1. The molecule has 0 aliphatic rings. The van der Waals surface area contributed by atoms with Crippen molar-refractivity contribution < 1.29 is 4.21 Å². The van der Waals surface area contributed by atoms with Crippen LogP contribution in [-0.4, -0.2) is 9.96 Å². The van der Waals surface area contributed by atoms with Gasteiger partial charge in [-0.2, -0.15) is 0 Å². The van der Waals surface area contributed by atoms with Gasteiger partial charge in [-0.1, -0.05) is 79.2 Å². The van der Waals surface area contributed by atoms with Crippen LogP contribution in [0.5, 0.6) is 0 Å².